The predicted molar refractivity (Wildman–Crippen MR) is 68.4 cm³/mol. The van der Waals surface area contributed by atoms with Crippen molar-refractivity contribution in [1.29, 1.82) is 0 Å². The van der Waals surface area contributed by atoms with Crippen molar-refractivity contribution in [3.05, 3.63) is 29.3 Å². The van der Waals surface area contributed by atoms with Gasteiger partial charge < -0.3 is 4.74 Å². The van der Waals surface area contributed by atoms with Crippen LogP contribution in [0.3, 0.4) is 0 Å². The minimum Gasteiger partial charge on any atom is -0.496 e. The molecule has 1 aromatic carbocycles. The Hall–Kier alpha value is -1.60. The molecular weight excluding hydrogens is 214 g/mol. The van der Waals surface area contributed by atoms with E-state index < -0.39 is 0 Å². The lowest BCUT2D eigenvalue weighted by atomic mass is 9.85. The highest BCUT2D eigenvalue weighted by Gasteiger charge is 2.15. The summed E-state index contributed by atoms with van der Waals surface area (Å²) in [6.07, 6.45) is 2.25. The molecule has 0 spiro atoms. The first-order chi connectivity index (χ1) is 7.99. The Morgan fingerprint density at radius 3 is 2.59 bits per heavy atom. The Labute approximate surface area is 103 Å². The molecule has 0 aliphatic carbocycles. The summed E-state index contributed by atoms with van der Waals surface area (Å²) in [6, 6.07) is 6.17. The van der Waals surface area contributed by atoms with Gasteiger partial charge in [0.25, 0.3) is 0 Å². The lowest BCUT2D eigenvalue weighted by molar-refractivity contribution is 0.409. The molecule has 0 bridgehead atoms. The molecule has 0 amide bonds. The Morgan fingerprint density at radius 2 is 2.06 bits per heavy atom. The molecule has 0 radical (unpaired) electrons. The van der Waals surface area contributed by atoms with Crippen LogP contribution >= 0.6 is 0 Å². The molecule has 0 aromatic heterocycles. The maximum atomic E-state index is 10.1. The van der Waals surface area contributed by atoms with E-state index in [0.29, 0.717) is 13.0 Å². The topological polar surface area (TPSA) is 38.7 Å². The first-order valence-corrected chi connectivity index (χ1v) is 5.70. The Bertz CT molecular complexity index is 426. The molecule has 17 heavy (non-hydrogen) atoms. The Morgan fingerprint density at radius 1 is 1.35 bits per heavy atom. The number of rotatable bonds is 4. The lowest BCUT2D eigenvalue weighted by Gasteiger charge is -2.21. The van der Waals surface area contributed by atoms with Crippen LogP contribution in [0.25, 0.3) is 0 Å². The van der Waals surface area contributed by atoms with Crippen molar-refractivity contribution in [2.75, 3.05) is 13.7 Å². The Balaban J connectivity index is 3.02. The lowest BCUT2D eigenvalue weighted by Crippen LogP contribution is -2.11. The largest absolute Gasteiger partial charge is 0.496 e. The van der Waals surface area contributed by atoms with Crippen molar-refractivity contribution in [3.8, 4) is 5.75 Å². The van der Waals surface area contributed by atoms with E-state index in [4.69, 9.17) is 4.74 Å². The third-order valence-electron chi connectivity index (χ3n) is 2.70. The SMILES string of the molecule is COc1ccc(C(C)(C)C)cc1CCN=C=O. The summed E-state index contributed by atoms with van der Waals surface area (Å²) >= 11 is 0. The highest BCUT2D eigenvalue weighted by molar-refractivity contribution is 5.40. The molecule has 0 fully saturated rings. The van der Waals surface area contributed by atoms with Gasteiger partial charge >= 0.3 is 0 Å². The molecule has 1 rings (SSSR count). The molecule has 1 aromatic rings. The van der Waals surface area contributed by atoms with Gasteiger partial charge in [-0.15, -0.1) is 0 Å². The molecule has 0 heterocycles. The second kappa shape index (κ2) is 5.65. The van der Waals surface area contributed by atoms with Crippen molar-refractivity contribution >= 4 is 6.08 Å². The second-order valence-corrected chi connectivity index (χ2v) is 5.00. The fraction of sp³-hybridized carbons (Fsp3) is 0.500. The molecule has 0 atom stereocenters. The number of hydrogen-bond acceptors (Lipinski definition) is 3. The van der Waals surface area contributed by atoms with Crippen LogP contribution in [0.4, 0.5) is 0 Å². The van der Waals surface area contributed by atoms with E-state index in [1.54, 1.807) is 13.2 Å². The molecular formula is C14H19NO2. The normalized spacial score (nSPS) is 10.8. The van der Waals surface area contributed by atoms with Gasteiger partial charge in [-0.1, -0.05) is 32.9 Å². The number of isocyanates is 1. The third kappa shape index (κ3) is 3.72. The minimum absolute atomic E-state index is 0.106. The van der Waals surface area contributed by atoms with Crippen molar-refractivity contribution in [1.82, 2.24) is 0 Å². The highest BCUT2D eigenvalue weighted by atomic mass is 16.5. The second-order valence-electron chi connectivity index (χ2n) is 5.00. The minimum atomic E-state index is 0.106. The van der Waals surface area contributed by atoms with Crippen LogP contribution in [-0.2, 0) is 16.6 Å². The van der Waals surface area contributed by atoms with Gasteiger partial charge in [0, 0.05) is 0 Å². The smallest absolute Gasteiger partial charge is 0.234 e. The summed E-state index contributed by atoms with van der Waals surface area (Å²) in [5.74, 6) is 0.846. The number of carbonyl (C=O) groups excluding carboxylic acids is 1. The standard InChI is InChI=1S/C14H19NO2/c1-14(2,3)12-5-6-13(17-4)11(9-12)7-8-15-10-16/h5-6,9H,7-8H2,1-4H3. The van der Waals surface area contributed by atoms with Crippen LogP contribution in [0.5, 0.6) is 5.75 Å². The molecule has 3 heteroatoms. The maximum absolute atomic E-state index is 10.1. The van der Waals surface area contributed by atoms with Crippen LogP contribution in [-0.4, -0.2) is 19.7 Å². The van der Waals surface area contributed by atoms with E-state index in [1.165, 1.54) is 5.56 Å². The van der Waals surface area contributed by atoms with Gasteiger partial charge in [-0.25, -0.2) is 9.79 Å². The zero-order valence-corrected chi connectivity index (χ0v) is 10.9. The monoisotopic (exact) mass is 233 g/mol. The summed E-state index contributed by atoms with van der Waals surface area (Å²) in [5.41, 5.74) is 2.44. The summed E-state index contributed by atoms with van der Waals surface area (Å²) < 4.78 is 5.30. The first kappa shape index (κ1) is 13.5. The van der Waals surface area contributed by atoms with Gasteiger partial charge in [0.1, 0.15) is 5.75 Å². The summed E-state index contributed by atoms with van der Waals surface area (Å²) in [7, 11) is 1.65. The number of hydrogen-bond donors (Lipinski definition) is 0. The predicted octanol–water partition coefficient (Wildman–Crippen LogP) is 2.87. The van der Waals surface area contributed by atoms with E-state index in [1.807, 2.05) is 6.07 Å². The quantitative estimate of drug-likeness (QED) is 0.592. The maximum Gasteiger partial charge on any atom is 0.234 e. The van der Waals surface area contributed by atoms with Gasteiger partial charge in [0.05, 0.1) is 13.7 Å². The van der Waals surface area contributed by atoms with E-state index in [0.717, 1.165) is 11.3 Å². The van der Waals surface area contributed by atoms with Crippen molar-refractivity contribution < 1.29 is 9.53 Å². The van der Waals surface area contributed by atoms with Crippen LogP contribution in [0.1, 0.15) is 31.9 Å². The molecule has 0 saturated carbocycles. The third-order valence-corrected chi connectivity index (χ3v) is 2.70. The first-order valence-electron chi connectivity index (χ1n) is 5.70. The fourth-order valence-electron chi connectivity index (χ4n) is 1.66. The molecule has 0 aliphatic rings. The van der Waals surface area contributed by atoms with E-state index in [9.17, 15) is 4.79 Å². The molecule has 0 N–H and O–H groups in total. The van der Waals surface area contributed by atoms with E-state index >= 15 is 0 Å². The zero-order valence-electron chi connectivity index (χ0n) is 10.9. The average Bonchev–Trinajstić information content (AvgIpc) is 2.28. The molecule has 3 nitrogen and oxygen atoms in total. The van der Waals surface area contributed by atoms with Crippen molar-refractivity contribution in [3.63, 3.8) is 0 Å². The molecule has 0 aliphatic heterocycles. The number of methoxy groups -OCH3 is 1. The number of aliphatic imine (C=N–C) groups is 1. The zero-order chi connectivity index (χ0) is 12.9. The molecule has 92 valence electrons. The van der Waals surface area contributed by atoms with Gasteiger partial charge in [-0.3, -0.25) is 0 Å². The van der Waals surface area contributed by atoms with E-state index in [-0.39, 0.29) is 5.41 Å². The van der Waals surface area contributed by atoms with Gasteiger partial charge in [-0.2, -0.15) is 0 Å². The van der Waals surface area contributed by atoms with E-state index in [2.05, 4.69) is 37.9 Å². The van der Waals surface area contributed by atoms with Crippen molar-refractivity contribution in [2.45, 2.75) is 32.6 Å². The fourth-order valence-corrected chi connectivity index (χ4v) is 1.66. The number of benzene rings is 1. The summed E-state index contributed by atoms with van der Waals surface area (Å²) in [5, 5.41) is 0. The van der Waals surface area contributed by atoms with Crippen molar-refractivity contribution in [2.24, 2.45) is 4.99 Å². The Kier molecular flexibility index (Phi) is 4.47. The summed E-state index contributed by atoms with van der Waals surface area (Å²) in [4.78, 5) is 13.6. The van der Waals surface area contributed by atoms with Gasteiger partial charge in [0.2, 0.25) is 6.08 Å². The van der Waals surface area contributed by atoms with Crippen LogP contribution in [0.2, 0.25) is 0 Å². The van der Waals surface area contributed by atoms with Crippen LogP contribution in [0.15, 0.2) is 23.2 Å². The summed E-state index contributed by atoms with van der Waals surface area (Å²) in [6.45, 7) is 6.96. The number of ether oxygens (including phenoxy) is 1. The molecule has 0 unspecified atom stereocenters. The van der Waals surface area contributed by atoms with Gasteiger partial charge in [-0.05, 0) is 29.0 Å². The number of nitrogens with zero attached hydrogens (tertiary/aromatic N) is 1. The van der Waals surface area contributed by atoms with Crippen LogP contribution in [0, 0.1) is 0 Å². The highest BCUT2D eigenvalue weighted by Crippen LogP contribution is 2.28. The van der Waals surface area contributed by atoms with Gasteiger partial charge in [0.15, 0.2) is 0 Å². The molecule has 0 saturated heterocycles. The average molecular weight is 233 g/mol. The van der Waals surface area contributed by atoms with Crippen LogP contribution < -0.4 is 4.74 Å².